The van der Waals surface area contributed by atoms with E-state index in [0.717, 1.165) is 6.04 Å². The zero-order valence-electron chi connectivity index (χ0n) is 19.3. The van der Waals surface area contributed by atoms with Crippen molar-refractivity contribution >= 4 is 31.7 Å². The monoisotopic (exact) mass is 457 g/mol. The molecule has 1 aliphatic heterocycles. The van der Waals surface area contributed by atoms with Gasteiger partial charge in [0.15, 0.2) is 5.65 Å². The maximum Gasteiger partial charge on any atom is 0.496 e. The summed E-state index contributed by atoms with van der Waals surface area (Å²) in [6.07, 6.45) is -3.95. The molecule has 1 fully saturated rings. The second-order valence-corrected chi connectivity index (χ2v) is 15.9. The van der Waals surface area contributed by atoms with E-state index >= 15 is 0 Å². The van der Waals surface area contributed by atoms with E-state index in [9.17, 15) is 13.2 Å². The summed E-state index contributed by atoms with van der Waals surface area (Å²) in [4.78, 5) is 4.40. The minimum Gasteiger partial charge on any atom is -0.399 e. The maximum atomic E-state index is 13.2. The largest absolute Gasteiger partial charge is 0.496 e. The highest BCUT2D eigenvalue weighted by Gasteiger charge is 2.52. The van der Waals surface area contributed by atoms with E-state index in [1.54, 1.807) is 12.3 Å². The fourth-order valence-electron chi connectivity index (χ4n) is 3.19. The lowest BCUT2D eigenvalue weighted by atomic mass is 9.80. The Balaban J connectivity index is 1.89. The molecule has 0 saturated carbocycles. The molecular weight excluding hydrogens is 426 g/mol. The quantitative estimate of drug-likeness (QED) is 0.462. The van der Waals surface area contributed by atoms with E-state index in [1.165, 1.54) is 4.68 Å². The van der Waals surface area contributed by atoms with Crippen LogP contribution in [0.15, 0.2) is 12.3 Å². The van der Waals surface area contributed by atoms with E-state index in [4.69, 9.17) is 14.0 Å². The number of aromatic nitrogens is 3. The van der Waals surface area contributed by atoms with Crippen molar-refractivity contribution in [2.24, 2.45) is 0 Å². The SMILES string of the molecule is CC1(C)OB(c2cnc3c(c2)c(CC(F)(F)F)nn3COCC[Si](C)(C)C)OC1(C)C. The molecule has 31 heavy (non-hydrogen) atoms. The molecule has 0 aromatic carbocycles. The Labute approximate surface area is 182 Å². The van der Waals surface area contributed by atoms with Crippen molar-refractivity contribution < 1.29 is 27.2 Å². The Morgan fingerprint density at radius 3 is 2.29 bits per heavy atom. The van der Waals surface area contributed by atoms with Gasteiger partial charge in [-0.05, 0) is 39.8 Å². The van der Waals surface area contributed by atoms with Gasteiger partial charge >= 0.3 is 13.3 Å². The van der Waals surface area contributed by atoms with Gasteiger partial charge in [-0.25, -0.2) is 9.67 Å². The van der Waals surface area contributed by atoms with Crippen LogP contribution in [0.5, 0.6) is 0 Å². The van der Waals surface area contributed by atoms with E-state index in [2.05, 4.69) is 29.7 Å². The molecule has 0 bridgehead atoms. The predicted molar refractivity (Wildman–Crippen MR) is 117 cm³/mol. The molecule has 1 aliphatic rings. The van der Waals surface area contributed by atoms with Gasteiger partial charge in [0, 0.05) is 31.7 Å². The molecule has 0 N–H and O–H groups in total. The van der Waals surface area contributed by atoms with Crippen LogP contribution in [0.25, 0.3) is 11.0 Å². The van der Waals surface area contributed by atoms with Gasteiger partial charge in [-0.2, -0.15) is 18.3 Å². The molecule has 0 radical (unpaired) electrons. The van der Waals surface area contributed by atoms with Gasteiger partial charge in [0.25, 0.3) is 0 Å². The van der Waals surface area contributed by atoms with Gasteiger partial charge in [-0.1, -0.05) is 19.6 Å². The van der Waals surface area contributed by atoms with Crippen molar-refractivity contribution in [3.8, 4) is 0 Å². The molecule has 1 saturated heterocycles. The average molecular weight is 457 g/mol. The van der Waals surface area contributed by atoms with Crippen molar-refractivity contribution in [2.45, 2.75) is 83.9 Å². The molecule has 11 heteroatoms. The maximum absolute atomic E-state index is 13.2. The predicted octanol–water partition coefficient (Wildman–Crippen LogP) is 4.15. The minimum absolute atomic E-state index is 0.0572. The summed E-state index contributed by atoms with van der Waals surface area (Å²) in [6, 6.07) is 2.60. The molecule has 0 spiro atoms. The minimum atomic E-state index is -4.38. The number of halogens is 3. The summed E-state index contributed by atoms with van der Waals surface area (Å²) in [5.41, 5.74) is -0.283. The summed E-state index contributed by atoms with van der Waals surface area (Å²) in [5.74, 6) is 0. The van der Waals surface area contributed by atoms with E-state index in [1.807, 2.05) is 27.7 Å². The molecule has 6 nitrogen and oxygen atoms in total. The summed E-state index contributed by atoms with van der Waals surface area (Å²) in [7, 11) is -1.98. The first kappa shape index (κ1) is 24.2. The van der Waals surface area contributed by atoms with Crippen molar-refractivity contribution in [3.63, 3.8) is 0 Å². The van der Waals surface area contributed by atoms with Crippen molar-refractivity contribution in [2.75, 3.05) is 6.61 Å². The highest BCUT2D eigenvalue weighted by Crippen LogP contribution is 2.36. The van der Waals surface area contributed by atoms with Crippen LogP contribution in [0, 0.1) is 0 Å². The number of pyridine rings is 1. The van der Waals surface area contributed by atoms with Crippen LogP contribution in [-0.2, 0) is 27.2 Å². The lowest BCUT2D eigenvalue weighted by Gasteiger charge is -2.32. The van der Waals surface area contributed by atoms with Crippen LogP contribution in [0.1, 0.15) is 33.4 Å². The van der Waals surface area contributed by atoms with Crippen molar-refractivity contribution in [1.82, 2.24) is 14.8 Å². The van der Waals surface area contributed by atoms with Gasteiger partial charge in [0.05, 0.1) is 23.3 Å². The Hall–Kier alpha value is -1.43. The Morgan fingerprint density at radius 2 is 1.74 bits per heavy atom. The first-order valence-corrected chi connectivity index (χ1v) is 14.1. The van der Waals surface area contributed by atoms with Gasteiger partial charge in [0.1, 0.15) is 6.73 Å². The van der Waals surface area contributed by atoms with Gasteiger partial charge < -0.3 is 14.0 Å². The molecule has 2 aromatic rings. The van der Waals surface area contributed by atoms with Crippen LogP contribution in [-0.4, -0.2) is 53.9 Å². The number of hydrogen-bond donors (Lipinski definition) is 0. The van der Waals surface area contributed by atoms with Crippen LogP contribution in [0.2, 0.25) is 25.7 Å². The third-order valence-electron chi connectivity index (χ3n) is 5.79. The van der Waals surface area contributed by atoms with Crippen LogP contribution in [0.3, 0.4) is 0 Å². The number of alkyl halides is 3. The first-order valence-electron chi connectivity index (χ1n) is 10.4. The second-order valence-electron chi connectivity index (χ2n) is 10.3. The number of rotatable bonds is 7. The van der Waals surface area contributed by atoms with Gasteiger partial charge in [0.2, 0.25) is 0 Å². The molecule has 0 atom stereocenters. The molecule has 0 aliphatic carbocycles. The highest BCUT2D eigenvalue weighted by molar-refractivity contribution is 6.76. The normalized spacial score (nSPS) is 18.8. The standard InChI is InChI=1S/C20H31BF3N3O3Si/c1-18(2)19(3,4)30-21(29-18)14-10-15-16(11-20(22,23)24)26-27(17(15)25-12-14)13-28-8-9-31(5,6)7/h10,12H,8-9,11,13H2,1-7H3. The van der Waals surface area contributed by atoms with Gasteiger partial charge in [-0.15, -0.1) is 0 Å². The fourth-order valence-corrected chi connectivity index (χ4v) is 3.94. The molecule has 2 aromatic heterocycles. The second kappa shape index (κ2) is 8.17. The number of hydrogen-bond acceptors (Lipinski definition) is 5. The summed E-state index contributed by atoms with van der Waals surface area (Å²) < 4.78 is 58.7. The van der Waals surface area contributed by atoms with Crippen molar-refractivity contribution in [3.05, 3.63) is 18.0 Å². The van der Waals surface area contributed by atoms with Crippen LogP contribution < -0.4 is 5.46 Å². The number of nitrogens with zero attached hydrogens (tertiary/aromatic N) is 3. The fraction of sp³-hybridized carbons (Fsp3) is 0.700. The molecule has 0 amide bonds. The first-order chi connectivity index (χ1) is 14.1. The van der Waals surface area contributed by atoms with Crippen LogP contribution >= 0.6 is 0 Å². The number of ether oxygens (including phenoxy) is 1. The Bertz CT molecular complexity index is 925. The summed E-state index contributed by atoms with van der Waals surface area (Å²) in [6.45, 7) is 15.0. The molecule has 3 rings (SSSR count). The third-order valence-corrected chi connectivity index (χ3v) is 7.49. The third kappa shape index (κ3) is 5.68. The molecular formula is C20H31BF3N3O3Si. The topological polar surface area (TPSA) is 58.4 Å². The molecule has 3 heterocycles. The van der Waals surface area contributed by atoms with Crippen molar-refractivity contribution in [1.29, 1.82) is 0 Å². The smallest absolute Gasteiger partial charge is 0.399 e. The Morgan fingerprint density at radius 1 is 1.13 bits per heavy atom. The highest BCUT2D eigenvalue weighted by atomic mass is 28.3. The van der Waals surface area contributed by atoms with E-state index in [-0.39, 0.29) is 12.4 Å². The van der Waals surface area contributed by atoms with E-state index < -0.39 is 39.0 Å². The lowest BCUT2D eigenvalue weighted by Crippen LogP contribution is -2.41. The van der Waals surface area contributed by atoms with Gasteiger partial charge in [-0.3, -0.25) is 0 Å². The zero-order valence-corrected chi connectivity index (χ0v) is 20.3. The average Bonchev–Trinajstić information content (AvgIpc) is 3.03. The zero-order chi connectivity index (χ0) is 23.2. The summed E-state index contributed by atoms with van der Waals surface area (Å²) in [5, 5.41) is 4.50. The van der Waals surface area contributed by atoms with Crippen LogP contribution in [0.4, 0.5) is 13.2 Å². The molecule has 0 unspecified atom stereocenters. The lowest BCUT2D eigenvalue weighted by molar-refractivity contribution is -0.127. The van der Waals surface area contributed by atoms with E-state index in [0.29, 0.717) is 23.1 Å². The molecule has 172 valence electrons. The Kier molecular flexibility index (Phi) is 6.38. The summed E-state index contributed by atoms with van der Waals surface area (Å²) >= 11 is 0. The number of fused-ring (bicyclic) bond motifs is 1.